The van der Waals surface area contributed by atoms with E-state index in [1.54, 1.807) is 16.8 Å². The van der Waals surface area contributed by atoms with Crippen LogP contribution in [0.25, 0.3) is 0 Å². The minimum Gasteiger partial charge on any atom is -0.480 e. The first-order valence-electron chi connectivity index (χ1n) is 8.59. The summed E-state index contributed by atoms with van der Waals surface area (Å²) < 4.78 is 0. The van der Waals surface area contributed by atoms with Gasteiger partial charge < -0.3 is 20.2 Å². The molecule has 2 N–H and O–H groups in total. The molecule has 24 heavy (non-hydrogen) atoms. The van der Waals surface area contributed by atoms with Gasteiger partial charge in [-0.15, -0.1) is 6.58 Å². The lowest BCUT2D eigenvalue weighted by atomic mass is 10.1. The van der Waals surface area contributed by atoms with Crippen molar-refractivity contribution >= 4 is 17.9 Å². The molecule has 0 aromatic heterocycles. The van der Waals surface area contributed by atoms with Crippen LogP contribution in [-0.4, -0.2) is 64.5 Å². The second-order valence-corrected chi connectivity index (χ2v) is 6.72. The Hall–Kier alpha value is -2.05. The highest BCUT2D eigenvalue weighted by Gasteiger charge is 2.53. The van der Waals surface area contributed by atoms with Crippen molar-refractivity contribution in [2.24, 2.45) is 0 Å². The summed E-state index contributed by atoms with van der Waals surface area (Å²) in [6.07, 6.45) is 6.90. The summed E-state index contributed by atoms with van der Waals surface area (Å²) in [6, 6.07) is -0.726. The van der Waals surface area contributed by atoms with Crippen LogP contribution in [0, 0.1) is 0 Å². The summed E-state index contributed by atoms with van der Waals surface area (Å²) in [7, 11) is 1.74. The van der Waals surface area contributed by atoms with Crippen LogP contribution in [-0.2, 0) is 9.59 Å². The highest BCUT2D eigenvalue weighted by Crippen LogP contribution is 2.36. The molecule has 0 aromatic rings. The van der Waals surface area contributed by atoms with Crippen LogP contribution in [0.3, 0.4) is 0 Å². The molecule has 0 bridgehead atoms. The van der Waals surface area contributed by atoms with E-state index in [-0.39, 0.29) is 11.9 Å². The van der Waals surface area contributed by atoms with Crippen LogP contribution in [0.2, 0.25) is 0 Å². The molecule has 2 aliphatic rings. The number of amides is 3. The van der Waals surface area contributed by atoms with E-state index in [2.05, 4.69) is 11.9 Å². The van der Waals surface area contributed by atoms with Crippen molar-refractivity contribution in [1.82, 2.24) is 15.1 Å². The summed E-state index contributed by atoms with van der Waals surface area (Å²) in [6.45, 7) is 4.85. The number of allylic oxidation sites excluding steroid dienone is 1. The molecule has 0 radical (unpaired) electrons. The van der Waals surface area contributed by atoms with Gasteiger partial charge in [0, 0.05) is 20.1 Å². The van der Waals surface area contributed by atoms with E-state index in [0.29, 0.717) is 32.4 Å². The van der Waals surface area contributed by atoms with Crippen LogP contribution >= 0.6 is 0 Å². The smallest absolute Gasteiger partial charge is 0.329 e. The third kappa shape index (κ3) is 4.07. The molecular weight excluding hydrogens is 310 g/mol. The van der Waals surface area contributed by atoms with Gasteiger partial charge >= 0.3 is 12.0 Å². The molecule has 1 aliphatic carbocycles. The number of unbranched alkanes of at least 4 members (excludes halogenated alkanes) is 2. The number of carboxylic acid groups (broad SMARTS) is 1. The molecular formula is C17H27N3O4. The molecule has 7 heteroatoms. The number of carbonyl (C=O) groups excluding carboxylic acids is 2. The van der Waals surface area contributed by atoms with E-state index < -0.39 is 17.6 Å². The van der Waals surface area contributed by atoms with E-state index in [0.717, 1.165) is 25.7 Å². The van der Waals surface area contributed by atoms with E-state index in [1.165, 1.54) is 0 Å². The molecule has 134 valence electrons. The maximum Gasteiger partial charge on any atom is 0.329 e. The number of nitrogens with one attached hydrogen (secondary N) is 1. The SMILES string of the molecule is C=CCCCCN(C)C(=O)N1CCCC1C(=O)NC1(C(=O)O)CC1. The number of urea groups is 1. The van der Waals surface area contributed by atoms with Crippen molar-refractivity contribution in [3.8, 4) is 0 Å². The number of carbonyl (C=O) groups is 3. The van der Waals surface area contributed by atoms with Crippen molar-refractivity contribution < 1.29 is 19.5 Å². The number of hydrogen-bond donors (Lipinski definition) is 2. The summed E-state index contributed by atoms with van der Waals surface area (Å²) in [4.78, 5) is 39.4. The summed E-state index contributed by atoms with van der Waals surface area (Å²) in [5.74, 6) is -1.34. The van der Waals surface area contributed by atoms with E-state index in [9.17, 15) is 19.5 Å². The van der Waals surface area contributed by atoms with Gasteiger partial charge in [0.25, 0.3) is 0 Å². The van der Waals surface area contributed by atoms with Gasteiger partial charge in [-0.25, -0.2) is 9.59 Å². The quantitative estimate of drug-likeness (QED) is 0.520. The maximum atomic E-state index is 12.6. The molecule has 1 saturated carbocycles. The Morgan fingerprint density at radius 1 is 1.38 bits per heavy atom. The molecule has 1 heterocycles. The molecule has 1 atom stereocenters. The van der Waals surface area contributed by atoms with Crippen molar-refractivity contribution in [1.29, 1.82) is 0 Å². The van der Waals surface area contributed by atoms with E-state index >= 15 is 0 Å². The Bertz CT molecular complexity index is 516. The minimum atomic E-state index is -1.11. The van der Waals surface area contributed by atoms with E-state index in [4.69, 9.17) is 0 Å². The topological polar surface area (TPSA) is 90.0 Å². The summed E-state index contributed by atoms with van der Waals surface area (Å²) in [5, 5.41) is 11.8. The van der Waals surface area contributed by atoms with Gasteiger partial charge in [-0.05, 0) is 44.9 Å². The predicted molar refractivity (Wildman–Crippen MR) is 89.5 cm³/mol. The summed E-state index contributed by atoms with van der Waals surface area (Å²) >= 11 is 0. The van der Waals surface area contributed by atoms with Crippen LogP contribution in [0.1, 0.15) is 44.9 Å². The third-order valence-electron chi connectivity index (χ3n) is 4.80. The summed E-state index contributed by atoms with van der Waals surface area (Å²) in [5.41, 5.74) is -1.11. The zero-order valence-corrected chi connectivity index (χ0v) is 14.3. The normalized spacial score (nSPS) is 21.2. The number of aliphatic carboxylic acids is 1. The first-order chi connectivity index (χ1) is 11.4. The van der Waals surface area contributed by atoms with Crippen molar-refractivity contribution in [3.63, 3.8) is 0 Å². The first-order valence-corrected chi connectivity index (χ1v) is 8.59. The highest BCUT2D eigenvalue weighted by molar-refractivity contribution is 5.93. The number of hydrogen-bond acceptors (Lipinski definition) is 3. The third-order valence-corrected chi connectivity index (χ3v) is 4.80. The molecule has 0 aromatic carbocycles. The first kappa shape index (κ1) is 18.3. The van der Waals surface area contributed by atoms with Crippen molar-refractivity contribution in [3.05, 3.63) is 12.7 Å². The van der Waals surface area contributed by atoms with E-state index in [1.807, 2.05) is 6.08 Å². The Morgan fingerprint density at radius 3 is 2.67 bits per heavy atom. The number of nitrogens with zero attached hydrogens (tertiary/aromatic N) is 2. The van der Waals surface area contributed by atoms with Gasteiger partial charge in [0.2, 0.25) is 5.91 Å². The fraction of sp³-hybridized carbons (Fsp3) is 0.706. The Kier molecular flexibility index (Phi) is 5.85. The van der Waals surface area contributed by atoms with Crippen LogP contribution in [0.4, 0.5) is 4.79 Å². The van der Waals surface area contributed by atoms with Gasteiger partial charge in [-0.1, -0.05) is 6.08 Å². The zero-order chi connectivity index (χ0) is 17.7. The van der Waals surface area contributed by atoms with Crippen molar-refractivity contribution in [2.45, 2.75) is 56.5 Å². The predicted octanol–water partition coefficient (Wildman–Crippen LogP) is 1.59. The van der Waals surface area contributed by atoms with Crippen LogP contribution < -0.4 is 5.32 Å². The molecule has 1 unspecified atom stereocenters. The van der Waals surface area contributed by atoms with Crippen molar-refractivity contribution in [2.75, 3.05) is 20.1 Å². The van der Waals surface area contributed by atoms with Gasteiger partial charge in [0.05, 0.1) is 0 Å². The molecule has 0 spiro atoms. The second kappa shape index (κ2) is 7.68. The van der Waals surface area contributed by atoms with Crippen LogP contribution in [0.5, 0.6) is 0 Å². The van der Waals surface area contributed by atoms with Crippen LogP contribution in [0.15, 0.2) is 12.7 Å². The fourth-order valence-corrected chi connectivity index (χ4v) is 3.06. The monoisotopic (exact) mass is 337 g/mol. The maximum absolute atomic E-state index is 12.6. The molecule has 2 fully saturated rings. The molecule has 2 rings (SSSR count). The number of likely N-dealkylation sites (tertiary alicyclic amines) is 1. The minimum absolute atomic E-state index is 0.161. The standard InChI is InChI=1S/C17H27N3O4/c1-3-4-5-6-11-19(2)16(24)20-12-7-8-13(20)14(21)18-17(9-10-17)15(22)23/h3,13H,1,4-12H2,2H3,(H,18,21)(H,22,23). The highest BCUT2D eigenvalue weighted by atomic mass is 16.4. The van der Waals surface area contributed by atoms with Gasteiger partial charge in [0.1, 0.15) is 11.6 Å². The van der Waals surface area contributed by atoms with Gasteiger partial charge in [-0.3, -0.25) is 4.79 Å². The molecule has 1 saturated heterocycles. The Labute approximate surface area is 142 Å². The largest absolute Gasteiger partial charge is 0.480 e. The number of rotatable bonds is 8. The molecule has 3 amide bonds. The average Bonchev–Trinajstić information content (AvgIpc) is 3.17. The lowest BCUT2D eigenvalue weighted by molar-refractivity contribution is -0.143. The Morgan fingerprint density at radius 2 is 2.08 bits per heavy atom. The lowest BCUT2D eigenvalue weighted by Gasteiger charge is -2.29. The number of carboxylic acids is 1. The fourth-order valence-electron chi connectivity index (χ4n) is 3.06. The Balaban J connectivity index is 1.89. The van der Waals surface area contributed by atoms with Gasteiger partial charge in [-0.2, -0.15) is 0 Å². The second-order valence-electron chi connectivity index (χ2n) is 6.72. The van der Waals surface area contributed by atoms with Gasteiger partial charge in [0.15, 0.2) is 0 Å². The molecule has 7 nitrogen and oxygen atoms in total. The zero-order valence-electron chi connectivity index (χ0n) is 14.3. The molecule has 1 aliphatic heterocycles. The lowest BCUT2D eigenvalue weighted by Crippen LogP contribution is -2.54. The average molecular weight is 337 g/mol.